The number of aliphatic hydroxyl groups excluding tert-OH is 2. The summed E-state index contributed by atoms with van der Waals surface area (Å²) in [5.74, 6) is -0.328. The van der Waals surface area contributed by atoms with E-state index >= 15 is 0 Å². The molecule has 4 heteroatoms. The van der Waals surface area contributed by atoms with E-state index < -0.39 is 6.10 Å². The Morgan fingerprint density at radius 3 is 2.73 bits per heavy atom. The van der Waals surface area contributed by atoms with Crippen molar-refractivity contribution in [1.29, 1.82) is 0 Å². The number of hydrogen-bond acceptors (Lipinski definition) is 4. The van der Waals surface area contributed by atoms with Gasteiger partial charge < -0.3 is 14.9 Å². The summed E-state index contributed by atoms with van der Waals surface area (Å²) in [7, 11) is 1.35. The summed E-state index contributed by atoms with van der Waals surface area (Å²) in [6.07, 6.45) is 6.95. The fourth-order valence-corrected chi connectivity index (χ4v) is 1.16. The van der Waals surface area contributed by atoms with Crippen LogP contribution in [-0.2, 0) is 9.53 Å². The first-order valence-corrected chi connectivity index (χ1v) is 5.24. The van der Waals surface area contributed by atoms with Crippen molar-refractivity contribution in [3.63, 3.8) is 0 Å². The second-order valence-electron chi connectivity index (χ2n) is 3.40. The van der Waals surface area contributed by atoms with Crippen molar-refractivity contribution in [2.75, 3.05) is 13.7 Å². The molecule has 0 aliphatic heterocycles. The molecule has 1 unspecified atom stereocenters. The average Bonchev–Trinajstić information content (AvgIpc) is 2.26. The fourth-order valence-electron chi connectivity index (χ4n) is 1.16. The van der Waals surface area contributed by atoms with Gasteiger partial charge in [0.25, 0.3) is 0 Å². The van der Waals surface area contributed by atoms with E-state index in [0.717, 1.165) is 25.7 Å². The van der Waals surface area contributed by atoms with Crippen LogP contribution in [0.3, 0.4) is 0 Å². The number of methoxy groups -OCH3 is 1. The molecule has 0 heterocycles. The van der Waals surface area contributed by atoms with Crippen molar-refractivity contribution in [3.8, 4) is 0 Å². The molecule has 0 aliphatic rings. The maximum atomic E-state index is 10.7. The Bertz CT molecular complexity index is 189. The van der Waals surface area contributed by atoms with E-state index in [-0.39, 0.29) is 12.6 Å². The Morgan fingerprint density at radius 1 is 1.40 bits per heavy atom. The van der Waals surface area contributed by atoms with Gasteiger partial charge in [0, 0.05) is 6.08 Å². The van der Waals surface area contributed by atoms with E-state index in [2.05, 4.69) is 4.74 Å². The first-order valence-electron chi connectivity index (χ1n) is 5.24. The molecule has 0 aromatic carbocycles. The van der Waals surface area contributed by atoms with Gasteiger partial charge in [0.05, 0.1) is 19.8 Å². The normalized spacial score (nSPS) is 13.0. The number of rotatable bonds is 8. The van der Waals surface area contributed by atoms with E-state index in [1.54, 1.807) is 6.08 Å². The average molecular weight is 216 g/mol. The van der Waals surface area contributed by atoms with Crippen molar-refractivity contribution >= 4 is 5.97 Å². The fraction of sp³-hybridized carbons (Fsp3) is 0.727. The minimum absolute atomic E-state index is 0.164. The summed E-state index contributed by atoms with van der Waals surface area (Å²) in [4.78, 5) is 10.7. The van der Waals surface area contributed by atoms with Crippen LogP contribution in [0.25, 0.3) is 0 Å². The Kier molecular flexibility index (Phi) is 9.11. The molecule has 4 nitrogen and oxygen atoms in total. The first kappa shape index (κ1) is 14.1. The van der Waals surface area contributed by atoms with Crippen LogP contribution >= 0.6 is 0 Å². The number of allylic oxidation sites excluding steroid dienone is 1. The van der Waals surface area contributed by atoms with Gasteiger partial charge in [-0.05, 0) is 19.3 Å². The summed E-state index contributed by atoms with van der Waals surface area (Å²) in [6.45, 7) is -0.164. The zero-order valence-electron chi connectivity index (χ0n) is 9.19. The van der Waals surface area contributed by atoms with Crippen LogP contribution < -0.4 is 0 Å². The lowest BCUT2D eigenvalue weighted by atomic mass is 10.1. The zero-order valence-corrected chi connectivity index (χ0v) is 9.19. The van der Waals surface area contributed by atoms with Gasteiger partial charge >= 0.3 is 5.97 Å². The van der Waals surface area contributed by atoms with E-state index in [0.29, 0.717) is 6.42 Å². The van der Waals surface area contributed by atoms with Crippen LogP contribution in [0.4, 0.5) is 0 Å². The second kappa shape index (κ2) is 9.68. The molecule has 0 aliphatic carbocycles. The number of esters is 1. The Labute approximate surface area is 90.6 Å². The van der Waals surface area contributed by atoms with Crippen molar-refractivity contribution in [2.45, 2.75) is 38.2 Å². The van der Waals surface area contributed by atoms with Crippen molar-refractivity contribution < 1.29 is 19.7 Å². The predicted molar refractivity (Wildman–Crippen MR) is 57.3 cm³/mol. The minimum Gasteiger partial charge on any atom is -0.466 e. The van der Waals surface area contributed by atoms with Gasteiger partial charge in [-0.25, -0.2) is 4.79 Å². The molecule has 0 saturated carbocycles. The molecule has 0 spiro atoms. The second-order valence-corrected chi connectivity index (χ2v) is 3.40. The van der Waals surface area contributed by atoms with E-state index in [9.17, 15) is 4.79 Å². The monoisotopic (exact) mass is 216 g/mol. The van der Waals surface area contributed by atoms with Crippen LogP contribution in [0.2, 0.25) is 0 Å². The molecular weight excluding hydrogens is 196 g/mol. The van der Waals surface area contributed by atoms with Gasteiger partial charge in [-0.1, -0.05) is 18.9 Å². The standard InChI is InChI=1S/C11H20O4/c1-15-11(14)8-6-4-2-3-5-7-10(13)9-12/h6,8,10,12-13H,2-5,7,9H2,1H3. The molecule has 0 saturated heterocycles. The van der Waals surface area contributed by atoms with Crippen LogP contribution in [0.1, 0.15) is 32.1 Å². The quantitative estimate of drug-likeness (QED) is 0.361. The molecule has 1 atom stereocenters. The topological polar surface area (TPSA) is 66.8 Å². The smallest absolute Gasteiger partial charge is 0.330 e. The third-order valence-electron chi connectivity index (χ3n) is 2.07. The van der Waals surface area contributed by atoms with Gasteiger partial charge in [0.2, 0.25) is 0 Å². The number of carbonyl (C=O) groups excluding carboxylic acids is 1. The highest BCUT2D eigenvalue weighted by molar-refractivity contribution is 5.81. The highest BCUT2D eigenvalue weighted by Crippen LogP contribution is 2.06. The summed E-state index contributed by atoms with van der Waals surface area (Å²) in [6, 6.07) is 0. The SMILES string of the molecule is COC(=O)C=CCCCCCC(O)CO. The molecule has 0 aromatic rings. The molecular formula is C11H20O4. The molecule has 2 N–H and O–H groups in total. The molecule has 0 fully saturated rings. The number of hydrogen-bond donors (Lipinski definition) is 2. The predicted octanol–water partition coefficient (Wildman–Crippen LogP) is 1.02. The summed E-state index contributed by atoms with van der Waals surface area (Å²) in [5.41, 5.74) is 0. The van der Waals surface area contributed by atoms with Gasteiger partial charge in [0.1, 0.15) is 0 Å². The molecule has 0 amide bonds. The molecule has 15 heavy (non-hydrogen) atoms. The summed E-state index contributed by atoms with van der Waals surface area (Å²) in [5, 5.41) is 17.6. The molecule has 0 rings (SSSR count). The van der Waals surface area contributed by atoms with Crippen LogP contribution in [0, 0.1) is 0 Å². The van der Waals surface area contributed by atoms with E-state index in [4.69, 9.17) is 10.2 Å². The third-order valence-corrected chi connectivity index (χ3v) is 2.07. The Balaban J connectivity index is 3.25. The third kappa shape index (κ3) is 9.43. The van der Waals surface area contributed by atoms with Gasteiger partial charge in [-0.3, -0.25) is 0 Å². The molecule has 88 valence electrons. The highest BCUT2D eigenvalue weighted by atomic mass is 16.5. The van der Waals surface area contributed by atoms with E-state index in [1.165, 1.54) is 13.2 Å². The first-order chi connectivity index (χ1) is 7.20. The van der Waals surface area contributed by atoms with Crippen molar-refractivity contribution in [1.82, 2.24) is 0 Å². The molecule has 0 radical (unpaired) electrons. The van der Waals surface area contributed by atoms with Gasteiger partial charge in [-0.2, -0.15) is 0 Å². The minimum atomic E-state index is -0.587. The van der Waals surface area contributed by atoms with Gasteiger partial charge in [0.15, 0.2) is 0 Å². The molecule has 0 bridgehead atoms. The van der Waals surface area contributed by atoms with Crippen LogP contribution in [0.15, 0.2) is 12.2 Å². The Hall–Kier alpha value is -0.870. The summed E-state index contributed by atoms with van der Waals surface area (Å²) >= 11 is 0. The van der Waals surface area contributed by atoms with Gasteiger partial charge in [-0.15, -0.1) is 0 Å². The maximum absolute atomic E-state index is 10.7. The van der Waals surface area contributed by atoms with Crippen LogP contribution in [-0.4, -0.2) is 36.0 Å². The zero-order chi connectivity index (χ0) is 11.5. The van der Waals surface area contributed by atoms with Crippen molar-refractivity contribution in [3.05, 3.63) is 12.2 Å². The van der Waals surface area contributed by atoms with E-state index in [1.807, 2.05) is 0 Å². The lowest BCUT2D eigenvalue weighted by molar-refractivity contribution is -0.134. The lowest BCUT2D eigenvalue weighted by Gasteiger charge is -2.05. The Morgan fingerprint density at radius 2 is 2.13 bits per heavy atom. The summed E-state index contributed by atoms with van der Waals surface area (Å²) < 4.78 is 4.44. The number of unbranched alkanes of at least 4 members (excludes halogenated alkanes) is 3. The number of aliphatic hydroxyl groups is 2. The molecule has 0 aromatic heterocycles. The lowest BCUT2D eigenvalue weighted by Crippen LogP contribution is -2.10. The number of carbonyl (C=O) groups is 1. The largest absolute Gasteiger partial charge is 0.466 e. The van der Waals surface area contributed by atoms with Crippen LogP contribution in [0.5, 0.6) is 0 Å². The number of ether oxygens (including phenoxy) is 1. The highest BCUT2D eigenvalue weighted by Gasteiger charge is 2.00. The van der Waals surface area contributed by atoms with Crippen molar-refractivity contribution in [2.24, 2.45) is 0 Å². The maximum Gasteiger partial charge on any atom is 0.330 e.